The highest BCUT2D eigenvalue weighted by Gasteiger charge is 2.36. The molecule has 0 spiro atoms. The zero-order chi connectivity index (χ0) is 7.72. The van der Waals surface area contributed by atoms with E-state index in [0.29, 0.717) is 11.8 Å². The zero-order valence-corrected chi connectivity index (χ0v) is 6.62. The summed E-state index contributed by atoms with van der Waals surface area (Å²) in [5.41, 5.74) is 0. The van der Waals surface area contributed by atoms with E-state index >= 15 is 0 Å². The summed E-state index contributed by atoms with van der Waals surface area (Å²) in [4.78, 5) is 0. The van der Waals surface area contributed by atoms with Crippen LogP contribution in [0.25, 0.3) is 0 Å². The first-order valence-electron chi connectivity index (χ1n) is 3.95. The summed E-state index contributed by atoms with van der Waals surface area (Å²) in [7, 11) is 0. The topological polar surface area (TPSA) is 40.5 Å². The van der Waals surface area contributed by atoms with E-state index in [4.69, 9.17) is 5.11 Å². The summed E-state index contributed by atoms with van der Waals surface area (Å²) >= 11 is 0. The Morgan fingerprint density at radius 1 is 1.40 bits per heavy atom. The lowest BCUT2D eigenvalue weighted by molar-refractivity contribution is 0.0635. The van der Waals surface area contributed by atoms with E-state index in [-0.39, 0.29) is 18.6 Å². The molecule has 0 amide bonds. The fourth-order valence-corrected chi connectivity index (χ4v) is 1.78. The van der Waals surface area contributed by atoms with Crippen molar-refractivity contribution < 1.29 is 10.2 Å². The summed E-state index contributed by atoms with van der Waals surface area (Å²) in [6, 6.07) is 0. The third-order valence-electron chi connectivity index (χ3n) is 2.83. The van der Waals surface area contributed by atoms with E-state index in [1.54, 1.807) is 0 Å². The maximum Gasteiger partial charge on any atom is 0.0618 e. The van der Waals surface area contributed by atoms with Crippen LogP contribution in [0, 0.1) is 17.8 Å². The molecule has 4 atom stereocenters. The fourth-order valence-electron chi connectivity index (χ4n) is 1.78. The van der Waals surface area contributed by atoms with Gasteiger partial charge in [-0.2, -0.15) is 0 Å². The van der Waals surface area contributed by atoms with Crippen LogP contribution in [-0.2, 0) is 0 Å². The van der Waals surface area contributed by atoms with Crippen molar-refractivity contribution in [3.05, 3.63) is 0 Å². The SMILES string of the molecule is CC1CC(CO)C(O)C1C. The Morgan fingerprint density at radius 3 is 2.20 bits per heavy atom. The zero-order valence-electron chi connectivity index (χ0n) is 6.62. The lowest BCUT2D eigenvalue weighted by Crippen LogP contribution is -2.22. The maximum atomic E-state index is 9.47. The van der Waals surface area contributed by atoms with Crippen LogP contribution in [0.5, 0.6) is 0 Å². The van der Waals surface area contributed by atoms with Crippen LogP contribution in [0.4, 0.5) is 0 Å². The van der Waals surface area contributed by atoms with Gasteiger partial charge in [0.25, 0.3) is 0 Å². The van der Waals surface area contributed by atoms with E-state index in [1.807, 2.05) is 6.92 Å². The summed E-state index contributed by atoms with van der Waals surface area (Å²) in [6.45, 7) is 4.31. The fraction of sp³-hybridized carbons (Fsp3) is 1.00. The summed E-state index contributed by atoms with van der Waals surface area (Å²) in [5.74, 6) is 1.05. The van der Waals surface area contributed by atoms with Gasteiger partial charge >= 0.3 is 0 Å². The van der Waals surface area contributed by atoms with Gasteiger partial charge in [-0.15, -0.1) is 0 Å². The minimum absolute atomic E-state index is 0.130. The second kappa shape index (κ2) is 2.89. The van der Waals surface area contributed by atoms with Crippen LogP contribution in [0.3, 0.4) is 0 Å². The van der Waals surface area contributed by atoms with Crippen LogP contribution in [0.1, 0.15) is 20.3 Å². The normalized spacial score (nSPS) is 48.0. The van der Waals surface area contributed by atoms with Crippen LogP contribution >= 0.6 is 0 Å². The van der Waals surface area contributed by atoms with Gasteiger partial charge in [0.2, 0.25) is 0 Å². The monoisotopic (exact) mass is 144 g/mol. The average Bonchev–Trinajstić information content (AvgIpc) is 2.17. The minimum atomic E-state index is -0.278. The molecule has 1 saturated carbocycles. The minimum Gasteiger partial charge on any atom is -0.396 e. The molecule has 0 saturated heterocycles. The summed E-state index contributed by atoms with van der Waals surface area (Å²) in [6.07, 6.45) is 0.693. The second-order valence-electron chi connectivity index (χ2n) is 3.51. The van der Waals surface area contributed by atoms with E-state index in [2.05, 4.69) is 6.92 Å². The van der Waals surface area contributed by atoms with E-state index in [1.165, 1.54) is 0 Å². The Kier molecular flexibility index (Phi) is 2.32. The molecule has 0 aliphatic heterocycles. The molecule has 0 aromatic heterocycles. The highest BCUT2D eigenvalue weighted by Crippen LogP contribution is 2.35. The molecule has 2 N–H and O–H groups in total. The highest BCUT2D eigenvalue weighted by molar-refractivity contribution is 4.85. The van der Waals surface area contributed by atoms with Gasteiger partial charge in [-0.1, -0.05) is 13.8 Å². The lowest BCUT2D eigenvalue weighted by Gasteiger charge is -2.14. The smallest absolute Gasteiger partial charge is 0.0618 e. The summed E-state index contributed by atoms with van der Waals surface area (Å²) < 4.78 is 0. The van der Waals surface area contributed by atoms with Gasteiger partial charge in [0, 0.05) is 12.5 Å². The molecule has 0 aromatic carbocycles. The molecule has 0 aromatic rings. The van der Waals surface area contributed by atoms with Crippen molar-refractivity contribution >= 4 is 0 Å². The first-order chi connectivity index (χ1) is 4.66. The van der Waals surface area contributed by atoms with Crippen molar-refractivity contribution in [1.29, 1.82) is 0 Å². The molecule has 4 unspecified atom stereocenters. The molecule has 0 heterocycles. The number of hydrogen-bond donors (Lipinski definition) is 2. The molecular weight excluding hydrogens is 128 g/mol. The number of rotatable bonds is 1. The van der Waals surface area contributed by atoms with Gasteiger partial charge in [-0.05, 0) is 18.3 Å². The highest BCUT2D eigenvalue weighted by atomic mass is 16.3. The molecular formula is C8H16O2. The second-order valence-corrected chi connectivity index (χ2v) is 3.51. The van der Waals surface area contributed by atoms with Gasteiger partial charge in [0.15, 0.2) is 0 Å². The van der Waals surface area contributed by atoms with Crippen LogP contribution in [0.15, 0.2) is 0 Å². The Hall–Kier alpha value is -0.0800. The molecule has 1 aliphatic carbocycles. The van der Waals surface area contributed by atoms with E-state index < -0.39 is 0 Å². The predicted octanol–water partition coefficient (Wildman–Crippen LogP) is 0.632. The third-order valence-corrected chi connectivity index (χ3v) is 2.83. The molecule has 1 rings (SSSR count). The molecule has 10 heavy (non-hydrogen) atoms. The Labute approximate surface area is 61.9 Å². The van der Waals surface area contributed by atoms with Crippen LogP contribution < -0.4 is 0 Å². The Morgan fingerprint density at radius 2 is 2.00 bits per heavy atom. The van der Waals surface area contributed by atoms with E-state index in [9.17, 15) is 5.11 Å². The Balaban J connectivity index is 2.53. The average molecular weight is 144 g/mol. The van der Waals surface area contributed by atoms with Crippen molar-refractivity contribution in [2.45, 2.75) is 26.4 Å². The van der Waals surface area contributed by atoms with Crippen molar-refractivity contribution in [1.82, 2.24) is 0 Å². The largest absolute Gasteiger partial charge is 0.396 e. The van der Waals surface area contributed by atoms with Crippen LogP contribution in [0.2, 0.25) is 0 Å². The quantitative estimate of drug-likeness (QED) is 0.566. The molecule has 0 bridgehead atoms. The summed E-state index contributed by atoms with van der Waals surface area (Å²) in [5, 5.41) is 18.3. The number of aliphatic hydroxyl groups excluding tert-OH is 2. The number of hydrogen-bond acceptors (Lipinski definition) is 2. The molecule has 0 radical (unpaired) electrons. The van der Waals surface area contributed by atoms with Gasteiger partial charge in [-0.3, -0.25) is 0 Å². The molecule has 2 nitrogen and oxygen atoms in total. The standard InChI is InChI=1S/C8H16O2/c1-5-3-7(4-9)8(10)6(5)2/h5-10H,3-4H2,1-2H3. The van der Waals surface area contributed by atoms with Gasteiger partial charge in [0.1, 0.15) is 0 Å². The molecule has 1 aliphatic rings. The third kappa shape index (κ3) is 1.18. The Bertz CT molecular complexity index is 114. The molecule has 1 fully saturated rings. The van der Waals surface area contributed by atoms with Crippen molar-refractivity contribution in [2.24, 2.45) is 17.8 Å². The first kappa shape index (κ1) is 8.02. The van der Waals surface area contributed by atoms with Crippen molar-refractivity contribution in [2.75, 3.05) is 6.61 Å². The van der Waals surface area contributed by atoms with Gasteiger partial charge in [0.05, 0.1) is 6.10 Å². The van der Waals surface area contributed by atoms with Crippen molar-refractivity contribution in [3.63, 3.8) is 0 Å². The maximum absolute atomic E-state index is 9.47. The van der Waals surface area contributed by atoms with Gasteiger partial charge < -0.3 is 10.2 Å². The van der Waals surface area contributed by atoms with Crippen molar-refractivity contribution in [3.8, 4) is 0 Å². The molecule has 60 valence electrons. The predicted molar refractivity (Wildman–Crippen MR) is 39.5 cm³/mol. The lowest BCUT2D eigenvalue weighted by atomic mass is 9.99. The first-order valence-corrected chi connectivity index (χ1v) is 3.95. The van der Waals surface area contributed by atoms with Gasteiger partial charge in [-0.25, -0.2) is 0 Å². The van der Waals surface area contributed by atoms with E-state index in [0.717, 1.165) is 6.42 Å². The van der Waals surface area contributed by atoms with Crippen LogP contribution in [-0.4, -0.2) is 22.9 Å². The molecule has 2 heteroatoms. The number of aliphatic hydroxyl groups is 2.